The molecule has 1 unspecified atom stereocenters. The topological polar surface area (TPSA) is 398 Å². The number of aromatic amines is 2. The van der Waals surface area contributed by atoms with E-state index in [-0.39, 0.29) is 112 Å². The zero-order chi connectivity index (χ0) is 97.0. The number of aliphatic imine (C=N–C) groups is 3. The molecule has 0 spiro atoms. The number of allylic oxidation sites excluding steroid dienone is 10. The van der Waals surface area contributed by atoms with E-state index in [2.05, 4.69) is 106 Å². The molecule has 132 heavy (non-hydrogen) atoms. The molecule has 1 fully saturated rings. The number of nitrogens with zero attached hydrogens (tertiary/aromatic N) is 8. The van der Waals surface area contributed by atoms with Crippen molar-refractivity contribution in [3.63, 3.8) is 0 Å². The van der Waals surface area contributed by atoms with Crippen LogP contribution in [0.2, 0.25) is 25.7 Å². The number of fused-ring (bicyclic) bond motifs is 14. The van der Waals surface area contributed by atoms with Crippen LogP contribution in [0.4, 0.5) is 0 Å². The van der Waals surface area contributed by atoms with E-state index >= 15 is 4.79 Å². The van der Waals surface area contributed by atoms with Gasteiger partial charge in [0.1, 0.15) is 0 Å². The largest absolute Gasteiger partial charge is 3.00 e. The third-order valence-electron chi connectivity index (χ3n) is 28.6. The van der Waals surface area contributed by atoms with Gasteiger partial charge < -0.3 is 82.7 Å². The van der Waals surface area contributed by atoms with Gasteiger partial charge in [0.25, 0.3) is 0 Å². The Kier molecular flexibility index (Phi) is 38.6. The Morgan fingerprint density at radius 1 is 0.515 bits per heavy atom. The smallest absolute Gasteiger partial charge is 0.682 e. The molecular weight excluding hydrogens is 1740 g/mol. The van der Waals surface area contributed by atoms with Crippen LogP contribution in [0.3, 0.4) is 0 Å². The van der Waals surface area contributed by atoms with Gasteiger partial charge in [0.15, 0.2) is 0 Å². The van der Waals surface area contributed by atoms with Gasteiger partial charge in [-0.15, -0.1) is 0 Å². The summed E-state index contributed by atoms with van der Waals surface area (Å²) in [5.74, 6) is -6.04. The molecule has 10 rings (SSSR count). The second kappa shape index (κ2) is 47.1. The molecule has 0 radical (unpaired) electrons. The first-order valence-electron chi connectivity index (χ1n) is 45.7. The Morgan fingerprint density at radius 3 is 1.50 bits per heavy atom. The van der Waals surface area contributed by atoms with Crippen molar-refractivity contribution in [2.24, 2.45) is 60.3 Å². The number of H-pyrrole nitrogens is 2. The summed E-state index contributed by atoms with van der Waals surface area (Å²) in [6, 6.07) is 8.19. The number of hydrogen-bond donors (Lipinski definition) is 4. The van der Waals surface area contributed by atoms with Crippen molar-refractivity contribution in [3.8, 4) is 0 Å². The van der Waals surface area contributed by atoms with Crippen LogP contribution in [0.25, 0.3) is 61.8 Å². The fourth-order valence-electron chi connectivity index (χ4n) is 20.4. The maximum absolute atomic E-state index is 15.1. The van der Waals surface area contributed by atoms with E-state index in [0.29, 0.717) is 95.7 Å². The Balaban J connectivity index is 0.00000469. The number of methoxy groups -OCH3 is 6. The number of nitrogens with one attached hydrogen (secondary N) is 4. The van der Waals surface area contributed by atoms with E-state index in [1.165, 1.54) is 42.7 Å². The third kappa shape index (κ3) is 24.2. The number of hydrogen-bond acceptors (Lipinski definition) is 23. The van der Waals surface area contributed by atoms with Crippen LogP contribution in [0.5, 0.6) is 0 Å². The number of aryl methyl sites for hydroxylation is 2. The molecule has 16 bridgehead atoms. The second-order valence-electron chi connectivity index (χ2n) is 38.1. The average Bonchev–Trinajstić information content (AvgIpc) is 1.52. The van der Waals surface area contributed by atoms with Crippen LogP contribution in [-0.4, -0.2) is 173 Å². The van der Waals surface area contributed by atoms with Crippen molar-refractivity contribution < 1.29 is 93.1 Å². The van der Waals surface area contributed by atoms with Gasteiger partial charge in [0.05, 0.1) is 89.7 Å². The summed E-state index contributed by atoms with van der Waals surface area (Å²) < 4.78 is 37.9. The molecule has 3 aromatic rings. The summed E-state index contributed by atoms with van der Waals surface area (Å²) in [6.45, 7) is 50.1. The minimum absolute atomic E-state index is 0. The van der Waals surface area contributed by atoms with E-state index in [1.807, 2.05) is 72.8 Å². The number of amides is 2. The Morgan fingerprint density at radius 2 is 0.985 bits per heavy atom. The molecule has 3 aromatic heterocycles. The van der Waals surface area contributed by atoms with Crippen molar-refractivity contribution >= 4 is 135 Å². The Bertz CT molecular complexity index is 5370. The molecule has 28 nitrogen and oxygen atoms in total. The first-order chi connectivity index (χ1) is 62.1. The summed E-state index contributed by atoms with van der Waals surface area (Å²) in [7, 11) is 6.52. The van der Waals surface area contributed by atoms with Gasteiger partial charge in [-0.2, -0.15) is 5.70 Å². The van der Waals surface area contributed by atoms with Gasteiger partial charge in [0.2, 0.25) is 11.8 Å². The molecule has 30 heteroatoms. The fourth-order valence-corrected chi connectivity index (χ4v) is 21.1. The standard InChI is InChI=1S/C100H138N10O16Si.2CN.Co/c1-24-64-58(3)72-51-73-60(5)66(78(105-73)54-79-67(35-40-88(117)126-48-49-127(21,22)23)61(6)75(106-79)53-77-65(25-2)59(4)74(104-77)52-76(64)103-72)34-39-82(111)101-46-32-30-28-26-27-29-31-33-47-102-83(112)56-98(12)68(36-41-84(113)120-15)80-55-81-96(9,10)69(37-42-85(114)121-16)91(108-81)62(7)93-97(11,45-44-87(116)123-18)71(50-89(118)124-19)95(109-93)100(14)99(13,57-90(119)125-20)70(38-43-86(115)122-17)92(110-100)63(8)94(98)107-80;2*1-2;/h24-25,51-55,68-71,95H,1-2,26-50,56-57H2,3-23H3,(H5,101,102,103,104,105,106,107,108,109,110,111,112);;;/q;2*-1;+3/p-1/t68-,69-,70-,71+,95?,97-,98+,99+,100+;;;/m1.../s1. The van der Waals surface area contributed by atoms with Crippen molar-refractivity contribution in [2.45, 2.75) is 268 Å². The molecule has 0 saturated carbocycles. The molecular formula is C102H137CoN12O16Si. The zero-order valence-electron chi connectivity index (χ0n) is 81.4. The van der Waals surface area contributed by atoms with Crippen molar-refractivity contribution in [3.05, 3.63) is 135 Å². The number of esters is 7. The van der Waals surface area contributed by atoms with Crippen LogP contribution in [0, 0.1) is 82.8 Å². The molecule has 714 valence electrons. The second-order valence-corrected chi connectivity index (χ2v) is 43.7. The van der Waals surface area contributed by atoms with Gasteiger partial charge in [-0.3, -0.25) is 58.1 Å². The summed E-state index contributed by atoms with van der Waals surface area (Å²) >= 11 is 0. The predicted molar refractivity (Wildman–Crippen MR) is 512 cm³/mol. The molecule has 0 aromatic carbocycles. The summed E-state index contributed by atoms with van der Waals surface area (Å²) in [4.78, 5) is 160. The minimum atomic E-state index is -1.43. The number of rotatable bonds is 40. The molecule has 4 N–H and O–H groups in total. The Hall–Kier alpha value is -11.0. The van der Waals surface area contributed by atoms with E-state index in [4.69, 9.17) is 87.1 Å². The molecule has 7 aliphatic heterocycles. The number of aromatic nitrogens is 4. The fraction of sp³-hybridized carbons (Fsp3) is 0.569. The maximum atomic E-state index is 15.1. The number of carbonyl (C=O) groups excluding carboxylic acids is 9. The summed E-state index contributed by atoms with van der Waals surface area (Å²) in [5.41, 5.74) is 13.1. The van der Waals surface area contributed by atoms with Gasteiger partial charge in [-0.1, -0.05) is 124 Å². The molecule has 2 amide bonds. The zero-order valence-corrected chi connectivity index (χ0v) is 83.4. The first kappa shape index (κ1) is 108. The first-order valence-corrected chi connectivity index (χ1v) is 49.4. The molecule has 1 saturated heterocycles. The van der Waals surface area contributed by atoms with Gasteiger partial charge in [-0.25, -0.2) is 9.97 Å². The molecule has 10 heterocycles. The molecule has 7 aliphatic rings. The summed E-state index contributed by atoms with van der Waals surface area (Å²) in [5, 5.41) is 24.7. The normalized spacial score (nSPS) is 23.5. The van der Waals surface area contributed by atoms with Crippen molar-refractivity contribution in [1.29, 1.82) is 10.5 Å². The van der Waals surface area contributed by atoms with Gasteiger partial charge in [-0.05, 0) is 192 Å². The SMILES string of the molecule is C=Cc1c(C)c2cc3[nH]c(cc4nc(cc5nc(cc1[nH]2)C(C)=C5CCC(=O)OCC[Si](C)(C)C)C(CCC(=O)NCCCCCCCCCCNC(=O)C[C@]1(C)/C2=C(\C)C5=N[C@@](C)(C6[N-]/C(=C(/C)C7=N/C(=C\C(=N2)[C@H]1CCC(=O)OC)C(C)(C)[C@@H]7CCC(=O)OC)[C@](C)(CCC(=O)OC)[C@H]6CC(=O)OC)[C@@](C)(CC(=O)OC)[C@@H]5CCC(=O)OC)=C4C)c(C)c3C=C.[C-]#N.[C-]#N.[Co+3]. The maximum Gasteiger partial charge on any atom is 3.00 e. The predicted octanol–water partition coefficient (Wildman–Crippen LogP) is 19.2. The summed E-state index contributed by atoms with van der Waals surface area (Å²) in [6.07, 6.45) is 14.4. The quantitative estimate of drug-likeness (QED) is 0.0135. The number of ether oxygens (including phenoxy) is 7. The van der Waals surface area contributed by atoms with Crippen LogP contribution in [-0.2, 0) is 93.1 Å². The molecule has 9 atom stereocenters. The van der Waals surface area contributed by atoms with Crippen LogP contribution >= 0.6 is 0 Å². The number of carbonyl (C=O) groups is 9. The van der Waals surface area contributed by atoms with Crippen LogP contribution < -0.4 is 10.6 Å². The average molecular weight is 1870 g/mol. The van der Waals surface area contributed by atoms with E-state index in [9.17, 15) is 38.4 Å². The van der Waals surface area contributed by atoms with E-state index < -0.39 is 101 Å². The number of unbranched alkanes of at least 4 members (excludes halogenated alkanes) is 7. The Labute approximate surface area is 790 Å². The van der Waals surface area contributed by atoms with Crippen molar-refractivity contribution in [1.82, 2.24) is 30.6 Å². The van der Waals surface area contributed by atoms with Gasteiger partial charge >= 0.3 is 58.6 Å². The van der Waals surface area contributed by atoms with Gasteiger partial charge in [0, 0.05) is 163 Å². The van der Waals surface area contributed by atoms with Crippen molar-refractivity contribution in [2.75, 3.05) is 62.4 Å². The monoisotopic (exact) mass is 1870 g/mol. The third-order valence-corrected chi connectivity index (χ3v) is 30.3. The van der Waals surface area contributed by atoms with E-state index in [0.717, 1.165) is 135 Å². The minimum Gasteiger partial charge on any atom is -0.682 e. The molecule has 0 aliphatic carbocycles. The van der Waals surface area contributed by atoms with Crippen LogP contribution in [0.15, 0.2) is 86.7 Å². The van der Waals surface area contributed by atoms with E-state index in [1.54, 1.807) is 0 Å². The van der Waals surface area contributed by atoms with Crippen LogP contribution in [0.1, 0.15) is 262 Å².